The summed E-state index contributed by atoms with van der Waals surface area (Å²) in [6.07, 6.45) is 0. The first-order valence-corrected chi connectivity index (χ1v) is 19.5. The highest BCUT2D eigenvalue weighted by molar-refractivity contribution is 5.97. The van der Waals surface area contributed by atoms with Crippen LogP contribution >= 0.6 is 0 Å². The maximum atomic E-state index is 2.39. The Morgan fingerprint density at radius 2 is 0.839 bits per heavy atom. The van der Waals surface area contributed by atoms with E-state index in [1.54, 1.807) is 0 Å². The fraction of sp³-hybridized carbons (Fsp3) is 0.0545. The van der Waals surface area contributed by atoms with Crippen molar-refractivity contribution in [1.82, 2.24) is 0 Å². The molecule has 0 heterocycles. The van der Waals surface area contributed by atoms with E-state index in [9.17, 15) is 0 Å². The predicted molar refractivity (Wildman–Crippen MR) is 238 cm³/mol. The molecule has 10 rings (SSSR count). The van der Waals surface area contributed by atoms with Crippen molar-refractivity contribution in [3.05, 3.63) is 223 Å². The van der Waals surface area contributed by atoms with Crippen molar-refractivity contribution in [3.8, 4) is 55.6 Å². The van der Waals surface area contributed by atoms with Gasteiger partial charge >= 0.3 is 0 Å². The minimum absolute atomic E-state index is 0.0868. The molecule has 0 aliphatic heterocycles. The van der Waals surface area contributed by atoms with Gasteiger partial charge in [-0.25, -0.2) is 0 Å². The third kappa shape index (κ3) is 5.81. The molecule has 1 aliphatic carbocycles. The number of anilines is 3. The molecule has 0 saturated carbocycles. The largest absolute Gasteiger partial charge is 0.310 e. The topological polar surface area (TPSA) is 3.24 Å². The van der Waals surface area contributed by atoms with Crippen LogP contribution in [0.15, 0.2) is 212 Å². The zero-order chi connectivity index (χ0) is 37.6. The molecule has 9 aromatic rings. The predicted octanol–water partition coefficient (Wildman–Crippen LogP) is 15.3. The van der Waals surface area contributed by atoms with Crippen molar-refractivity contribution in [2.24, 2.45) is 0 Å². The Balaban J connectivity index is 1.07. The van der Waals surface area contributed by atoms with Crippen LogP contribution in [0.4, 0.5) is 17.1 Å². The summed E-state index contributed by atoms with van der Waals surface area (Å²) in [7, 11) is 0. The van der Waals surface area contributed by atoms with Crippen LogP contribution in [0, 0.1) is 0 Å². The van der Waals surface area contributed by atoms with Gasteiger partial charge in [0.15, 0.2) is 0 Å². The fourth-order valence-electron chi connectivity index (χ4n) is 8.95. The second-order valence-corrected chi connectivity index (χ2v) is 15.4. The molecule has 0 radical (unpaired) electrons. The summed E-state index contributed by atoms with van der Waals surface area (Å²) in [4.78, 5) is 2.39. The molecule has 0 fully saturated rings. The van der Waals surface area contributed by atoms with Gasteiger partial charge in [-0.2, -0.15) is 0 Å². The van der Waals surface area contributed by atoms with E-state index in [4.69, 9.17) is 0 Å². The van der Waals surface area contributed by atoms with Gasteiger partial charge in [0.05, 0.1) is 0 Å². The smallest absolute Gasteiger partial charge is 0.0467 e. The number of hydrogen-bond donors (Lipinski definition) is 0. The van der Waals surface area contributed by atoms with Crippen molar-refractivity contribution >= 4 is 27.8 Å². The van der Waals surface area contributed by atoms with E-state index in [2.05, 4.69) is 231 Å². The summed E-state index contributed by atoms with van der Waals surface area (Å²) in [5.74, 6) is 0. The minimum atomic E-state index is -0.0868. The fourth-order valence-corrected chi connectivity index (χ4v) is 8.95. The Labute approximate surface area is 329 Å². The molecule has 0 aromatic heterocycles. The average Bonchev–Trinajstić information content (AvgIpc) is 3.50. The summed E-state index contributed by atoms with van der Waals surface area (Å²) in [6, 6.07) is 77.5. The van der Waals surface area contributed by atoms with Crippen LogP contribution in [-0.2, 0) is 5.41 Å². The lowest BCUT2D eigenvalue weighted by Crippen LogP contribution is -2.16. The first kappa shape index (κ1) is 33.6. The van der Waals surface area contributed by atoms with Crippen LogP contribution in [0.5, 0.6) is 0 Å². The van der Waals surface area contributed by atoms with Gasteiger partial charge in [0, 0.05) is 22.5 Å². The van der Waals surface area contributed by atoms with Crippen LogP contribution in [0.25, 0.3) is 66.4 Å². The Bertz CT molecular complexity index is 2880. The van der Waals surface area contributed by atoms with Crippen LogP contribution in [0.1, 0.15) is 25.0 Å². The second kappa shape index (κ2) is 13.7. The van der Waals surface area contributed by atoms with Crippen molar-refractivity contribution in [1.29, 1.82) is 0 Å². The number of benzene rings is 9. The lowest BCUT2D eigenvalue weighted by Gasteiger charge is -2.27. The van der Waals surface area contributed by atoms with Crippen molar-refractivity contribution in [3.63, 3.8) is 0 Å². The SMILES string of the molecule is CC1(C)c2ccccc2-c2cccc(-c3ccc(N(c4cccc(-c5ccccc5)c4)c4cccc(-c5cccc(-c6cccc7ccccc67)c5)c4)cc3)c21. The van der Waals surface area contributed by atoms with Crippen LogP contribution in [0.2, 0.25) is 0 Å². The van der Waals surface area contributed by atoms with Gasteiger partial charge in [-0.3, -0.25) is 0 Å². The highest BCUT2D eigenvalue weighted by Crippen LogP contribution is 2.52. The first-order chi connectivity index (χ1) is 27.5. The van der Waals surface area contributed by atoms with E-state index >= 15 is 0 Å². The maximum absolute atomic E-state index is 2.39. The van der Waals surface area contributed by atoms with Crippen LogP contribution < -0.4 is 4.90 Å². The molecule has 0 N–H and O–H groups in total. The highest BCUT2D eigenvalue weighted by atomic mass is 15.1. The molecule has 0 amide bonds. The Morgan fingerprint density at radius 1 is 0.321 bits per heavy atom. The van der Waals surface area contributed by atoms with Crippen LogP contribution in [0.3, 0.4) is 0 Å². The van der Waals surface area contributed by atoms with Gasteiger partial charge in [-0.05, 0) is 120 Å². The van der Waals surface area contributed by atoms with E-state index in [1.807, 2.05) is 0 Å². The summed E-state index contributed by atoms with van der Waals surface area (Å²) in [6.45, 7) is 4.73. The number of nitrogens with zero attached hydrogens (tertiary/aromatic N) is 1. The number of hydrogen-bond acceptors (Lipinski definition) is 1. The lowest BCUT2D eigenvalue weighted by molar-refractivity contribution is 0.662. The molecule has 0 unspecified atom stereocenters. The third-order valence-electron chi connectivity index (χ3n) is 11.6. The van der Waals surface area contributed by atoms with Gasteiger partial charge < -0.3 is 4.90 Å². The minimum Gasteiger partial charge on any atom is -0.310 e. The van der Waals surface area contributed by atoms with E-state index in [0.29, 0.717) is 0 Å². The van der Waals surface area contributed by atoms with E-state index in [0.717, 1.165) is 17.1 Å². The molecule has 1 heteroatoms. The summed E-state index contributed by atoms with van der Waals surface area (Å²) in [5.41, 5.74) is 18.4. The number of fused-ring (bicyclic) bond motifs is 4. The summed E-state index contributed by atoms with van der Waals surface area (Å²) < 4.78 is 0. The molecule has 0 spiro atoms. The van der Waals surface area contributed by atoms with Gasteiger partial charge in [-0.15, -0.1) is 0 Å². The summed E-state index contributed by atoms with van der Waals surface area (Å²) in [5, 5.41) is 2.52. The molecular weight excluding hydrogens is 675 g/mol. The lowest BCUT2D eigenvalue weighted by atomic mass is 9.79. The molecule has 56 heavy (non-hydrogen) atoms. The van der Waals surface area contributed by atoms with E-state index < -0.39 is 0 Å². The molecule has 266 valence electrons. The molecule has 0 saturated heterocycles. The van der Waals surface area contributed by atoms with E-state index in [1.165, 1.54) is 77.5 Å². The second-order valence-electron chi connectivity index (χ2n) is 15.4. The third-order valence-corrected chi connectivity index (χ3v) is 11.6. The highest BCUT2D eigenvalue weighted by Gasteiger charge is 2.37. The molecule has 1 nitrogen and oxygen atoms in total. The number of rotatable bonds is 7. The van der Waals surface area contributed by atoms with Crippen molar-refractivity contribution in [2.45, 2.75) is 19.3 Å². The molecule has 0 bridgehead atoms. The maximum Gasteiger partial charge on any atom is 0.0467 e. The zero-order valence-electron chi connectivity index (χ0n) is 31.7. The van der Waals surface area contributed by atoms with E-state index in [-0.39, 0.29) is 5.41 Å². The molecule has 0 atom stereocenters. The van der Waals surface area contributed by atoms with Gasteiger partial charge in [-0.1, -0.05) is 184 Å². The average molecular weight is 716 g/mol. The van der Waals surface area contributed by atoms with Gasteiger partial charge in [0.25, 0.3) is 0 Å². The van der Waals surface area contributed by atoms with Gasteiger partial charge in [0.1, 0.15) is 0 Å². The van der Waals surface area contributed by atoms with Crippen molar-refractivity contribution in [2.75, 3.05) is 4.90 Å². The zero-order valence-corrected chi connectivity index (χ0v) is 31.7. The Morgan fingerprint density at radius 3 is 1.62 bits per heavy atom. The summed E-state index contributed by atoms with van der Waals surface area (Å²) >= 11 is 0. The quantitative estimate of drug-likeness (QED) is 0.159. The monoisotopic (exact) mass is 715 g/mol. The Kier molecular flexibility index (Phi) is 8.23. The molecule has 1 aliphatic rings. The molecule has 9 aromatic carbocycles. The van der Waals surface area contributed by atoms with Crippen molar-refractivity contribution < 1.29 is 0 Å². The van der Waals surface area contributed by atoms with Crippen LogP contribution in [-0.4, -0.2) is 0 Å². The molecular formula is C55H41N. The van der Waals surface area contributed by atoms with Gasteiger partial charge in [0.2, 0.25) is 0 Å². The normalized spacial score (nSPS) is 12.6. The standard InChI is InChI=1S/C55H41N/c1-55(2)53-30-9-8-26-51(53)52-29-14-28-50(54(52)55)40-31-33-45(34-32-40)56(46-23-11-20-42(36-46)38-15-4-3-5-16-38)47-24-12-21-43(37-47)41-19-10-22-44(35-41)49-27-13-18-39-17-6-7-25-48(39)49/h3-37H,1-2H3. The first-order valence-electron chi connectivity index (χ1n) is 19.5. The Hall–Kier alpha value is -6.96.